The molecule has 0 aliphatic heterocycles. The first-order valence-corrected chi connectivity index (χ1v) is 16.7. The lowest BCUT2D eigenvalue weighted by Gasteiger charge is -2.16. The summed E-state index contributed by atoms with van der Waals surface area (Å²) >= 11 is 0. The van der Waals surface area contributed by atoms with Crippen molar-refractivity contribution in [3.8, 4) is 67.5 Å². The highest BCUT2D eigenvalue weighted by Gasteiger charge is 2.18. The van der Waals surface area contributed by atoms with E-state index in [1.807, 2.05) is 54.9 Å². The third-order valence-electron chi connectivity index (χ3n) is 9.25. The van der Waals surface area contributed by atoms with Gasteiger partial charge in [-0.25, -0.2) is 15.0 Å². The lowest BCUT2D eigenvalue weighted by Crippen LogP contribution is -2.01. The van der Waals surface area contributed by atoms with E-state index in [0.29, 0.717) is 17.5 Å². The van der Waals surface area contributed by atoms with Gasteiger partial charge in [-0.15, -0.1) is 0 Å². The van der Waals surface area contributed by atoms with Crippen LogP contribution in [0.4, 0.5) is 0 Å². The lowest BCUT2D eigenvalue weighted by molar-refractivity contribution is 1.08. The molecule has 0 radical (unpaired) electrons. The minimum atomic E-state index is 0.636. The summed E-state index contributed by atoms with van der Waals surface area (Å²) in [5.41, 5.74) is 9.70. The van der Waals surface area contributed by atoms with Gasteiger partial charge in [0.2, 0.25) is 0 Å². The van der Waals surface area contributed by atoms with Gasteiger partial charge in [-0.3, -0.25) is 4.98 Å². The molecule has 0 unspecified atom stereocenters. The van der Waals surface area contributed by atoms with E-state index in [4.69, 9.17) is 15.0 Å². The molecule has 9 aromatic rings. The standard InChI is InChI=1S/C46H30N4/c1-3-13-31(14-4-1)33-17-11-18-34(29-33)45-48-44(32-15-5-2-6-16-32)49-46(50-45)43-27-26-42(39-22-9-10-23-40(39)43)41-25-24-36(35-19-12-28-47-30-35)37-20-7-8-21-38(37)41/h1-30H. The summed E-state index contributed by atoms with van der Waals surface area (Å²) in [6, 6.07) is 59.0. The Kier molecular flexibility index (Phi) is 7.45. The number of nitrogens with zero attached hydrogens (tertiary/aromatic N) is 4. The van der Waals surface area contributed by atoms with Crippen LogP contribution in [0, 0.1) is 0 Å². The van der Waals surface area contributed by atoms with Gasteiger partial charge in [0, 0.05) is 34.6 Å². The van der Waals surface area contributed by atoms with Crippen molar-refractivity contribution < 1.29 is 0 Å². The fraction of sp³-hybridized carbons (Fsp3) is 0. The van der Waals surface area contributed by atoms with Crippen molar-refractivity contribution in [3.63, 3.8) is 0 Å². The first-order valence-electron chi connectivity index (χ1n) is 16.7. The fourth-order valence-electron chi connectivity index (χ4n) is 6.85. The molecule has 0 aliphatic carbocycles. The second kappa shape index (κ2) is 12.7. The van der Waals surface area contributed by atoms with Gasteiger partial charge in [-0.05, 0) is 67.6 Å². The molecular formula is C46H30N4. The summed E-state index contributed by atoms with van der Waals surface area (Å²) in [5.74, 6) is 1.91. The van der Waals surface area contributed by atoms with E-state index < -0.39 is 0 Å². The van der Waals surface area contributed by atoms with Crippen molar-refractivity contribution in [1.29, 1.82) is 0 Å². The first-order chi connectivity index (χ1) is 24.8. The van der Waals surface area contributed by atoms with Crippen LogP contribution >= 0.6 is 0 Å². The van der Waals surface area contributed by atoms with Gasteiger partial charge in [0.25, 0.3) is 0 Å². The molecule has 2 aromatic heterocycles. The molecule has 0 saturated carbocycles. The van der Waals surface area contributed by atoms with E-state index in [2.05, 4.69) is 132 Å². The molecule has 7 aromatic carbocycles. The number of hydrogen-bond acceptors (Lipinski definition) is 4. The SMILES string of the molecule is c1ccc(-c2cccc(-c3nc(-c4ccccc4)nc(-c4ccc(-c5ccc(-c6cccnc6)c6ccccc56)c5ccccc45)n3)c2)cc1. The number of aromatic nitrogens is 4. The summed E-state index contributed by atoms with van der Waals surface area (Å²) in [6.45, 7) is 0. The van der Waals surface area contributed by atoms with Gasteiger partial charge < -0.3 is 0 Å². The Morgan fingerprint density at radius 1 is 0.280 bits per heavy atom. The van der Waals surface area contributed by atoms with E-state index in [1.54, 1.807) is 0 Å². The number of fused-ring (bicyclic) bond motifs is 2. The molecule has 2 heterocycles. The van der Waals surface area contributed by atoms with Gasteiger partial charge in [0.05, 0.1) is 0 Å². The Hall–Kier alpha value is -6.78. The minimum Gasteiger partial charge on any atom is -0.264 e. The molecule has 4 nitrogen and oxygen atoms in total. The molecule has 50 heavy (non-hydrogen) atoms. The van der Waals surface area contributed by atoms with Crippen LogP contribution in [-0.2, 0) is 0 Å². The number of benzene rings is 7. The summed E-state index contributed by atoms with van der Waals surface area (Å²) in [6.07, 6.45) is 3.74. The van der Waals surface area contributed by atoms with E-state index in [9.17, 15) is 0 Å². The van der Waals surface area contributed by atoms with Crippen LogP contribution in [0.5, 0.6) is 0 Å². The normalized spacial score (nSPS) is 11.2. The Labute approximate surface area is 290 Å². The van der Waals surface area contributed by atoms with Crippen LogP contribution in [0.15, 0.2) is 182 Å². The number of hydrogen-bond donors (Lipinski definition) is 0. The third kappa shape index (κ3) is 5.39. The Morgan fingerprint density at radius 3 is 1.38 bits per heavy atom. The van der Waals surface area contributed by atoms with Gasteiger partial charge in [-0.1, -0.05) is 152 Å². The molecule has 0 bridgehead atoms. The highest BCUT2D eigenvalue weighted by Crippen LogP contribution is 2.40. The van der Waals surface area contributed by atoms with Gasteiger partial charge in [0.15, 0.2) is 17.5 Å². The second-order valence-corrected chi connectivity index (χ2v) is 12.3. The lowest BCUT2D eigenvalue weighted by atomic mass is 9.89. The van der Waals surface area contributed by atoms with Gasteiger partial charge in [0.1, 0.15) is 0 Å². The van der Waals surface area contributed by atoms with Crippen LogP contribution < -0.4 is 0 Å². The number of rotatable bonds is 6. The van der Waals surface area contributed by atoms with E-state index >= 15 is 0 Å². The third-order valence-corrected chi connectivity index (χ3v) is 9.25. The summed E-state index contributed by atoms with van der Waals surface area (Å²) in [7, 11) is 0. The average Bonchev–Trinajstić information content (AvgIpc) is 3.21. The van der Waals surface area contributed by atoms with Crippen LogP contribution in [0.25, 0.3) is 89.1 Å². The van der Waals surface area contributed by atoms with Crippen molar-refractivity contribution in [2.24, 2.45) is 0 Å². The average molecular weight is 639 g/mol. The van der Waals surface area contributed by atoms with Crippen LogP contribution in [0.1, 0.15) is 0 Å². The Morgan fingerprint density at radius 2 is 0.740 bits per heavy atom. The van der Waals surface area contributed by atoms with Crippen LogP contribution in [0.2, 0.25) is 0 Å². The predicted molar refractivity (Wildman–Crippen MR) is 205 cm³/mol. The zero-order valence-corrected chi connectivity index (χ0v) is 27.1. The van der Waals surface area contributed by atoms with Crippen molar-refractivity contribution >= 4 is 21.5 Å². The zero-order valence-electron chi connectivity index (χ0n) is 27.1. The molecule has 0 aliphatic rings. The molecule has 0 spiro atoms. The molecular weight excluding hydrogens is 609 g/mol. The smallest absolute Gasteiger partial charge is 0.164 e. The molecule has 234 valence electrons. The number of pyridine rings is 1. The second-order valence-electron chi connectivity index (χ2n) is 12.3. The predicted octanol–water partition coefficient (Wildman–Crippen LogP) is 11.6. The van der Waals surface area contributed by atoms with E-state index in [-0.39, 0.29) is 0 Å². The maximum Gasteiger partial charge on any atom is 0.164 e. The summed E-state index contributed by atoms with van der Waals surface area (Å²) < 4.78 is 0. The van der Waals surface area contributed by atoms with Crippen molar-refractivity contribution in [2.45, 2.75) is 0 Å². The maximum atomic E-state index is 5.15. The highest BCUT2D eigenvalue weighted by molar-refractivity contribution is 6.11. The van der Waals surface area contributed by atoms with Crippen LogP contribution in [0.3, 0.4) is 0 Å². The van der Waals surface area contributed by atoms with Gasteiger partial charge >= 0.3 is 0 Å². The summed E-state index contributed by atoms with van der Waals surface area (Å²) in [4.78, 5) is 19.7. The minimum absolute atomic E-state index is 0.636. The Balaban J connectivity index is 1.22. The van der Waals surface area contributed by atoms with E-state index in [0.717, 1.165) is 49.7 Å². The van der Waals surface area contributed by atoms with E-state index in [1.165, 1.54) is 21.9 Å². The monoisotopic (exact) mass is 638 g/mol. The summed E-state index contributed by atoms with van der Waals surface area (Å²) in [5, 5.41) is 4.61. The van der Waals surface area contributed by atoms with Crippen molar-refractivity contribution in [3.05, 3.63) is 182 Å². The van der Waals surface area contributed by atoms with Crippen LogP contribution in [-0.4, -0.2) is 19.9 Å². The van der Waals surface area contributed by atoms with Gasteiger partial charge in [-0.2, -0.15) is 0 Å². The molecule has 0 N–H and O–H groups in total. The quantitative estimate of drug-likeness (QED) is 0.182. The zero-order chi connectivity index (χ0) is 33.3. The van der Waals surface area contributed by atoms with Crippen molar-refractivity contribution in [2.75, 3.05) is 0 Å². The molecule has 0 amide bonds. The largest absolute Gasteiger partial charge is 0.264 e. The highest BCUT2D eigenvalue weighted by atomic mass is 15.0. The first kappa shape index (κ1) is 29.4. The molecule has 0 saturated heterocycles. The molecule has 4 heteroatoms. The molecule has 9 rings (SSSR count). The van der Waals surface area contributed by atoms with Crippen molar-refractivity contribution in [1.82, 2.24) is 19.9 Å². The molecule has 0 fully saturated rings. The maximum absolute atomic E-state index is 5.15. The Bertz CT molecular complexity index is 2640. The topological polar surface area (TPSA) is 51.6 Å². The molecule has 0 atom stereocenters. The fourth-order valence-corrected chi connectivity index (χ4v) is 6.85.